The van der Waals surface area contributed by atoms with Crippen molar-refractivity contribution < 1.29 is 9.47 Å². The highest BCUT2D eigenvalue weighted by molar-refractivity contribution is 7.99. The fraction of sp³-hybridized carbons (Fsp3) is 0.368. The second kappa shape index (κ2) is 8.70. The molecule has 7 heteroatoms. The van der Waals surface area contributed by atoms with Gasteiger partial charge in [-0.25, -0.2) is 0 Å². The molecule has 3 aromatic rings. The monoisotopic (exact) mass is 387 g/mol. The number of aromatic nitrogens is 3. The van der Waals surface area contributed by atoms with Gasteiger partial charge in [0.15, 0.2) is 11.0 Å². The molecule has 1 saturated heterocycles. The molecule has 0 spiro atoms. The van der Waals surface area contributed by atoms with Gasteiger partial charge in [0.2, 0.25) is 0 Å². The normalized spacial score (nSPS) is 16.8. The van der Waals surface area contributed by atoms with Crippen LogP contribution in [0.5, 0.6) is 5.75 Å². The van der Waals surface area contributed by atoms with Crippen molar-refractivity contribution in [3.8, 4) is 16.5 Å². The van der Waals surface area contributed by atoms with Crippen LogP contribution in [0.25, 0.3) is 10.7 Å². The van der Waals surface area contributed by atoms with Gasteiger partial charge in [0.1, 0.15) is 5.75 Å². The molecule has 136 valence electrons. The van der Waals surface area contributed by atoms with Gasteiger partial charge in [-0.1, -0.05) is 36.0 Å². The van der Waals surface area contributed by atoms with Crippen molar-refractivity contribution in [1.29, 1.82) is 0 Å². The summed E-state index contributed by atoms with van der Waals surface area (Å²) in [5, 5.41) is 11.9. The number of thioether (sulfide) groups is 1. The van der Waals surface area contributed by atoms with Crippen LogP contribution >= 0.6 is 23.1 Å². The highest BCUT2D eigenvalue weighted by atomic mass is 32.2. The smallest absolute Gasteiger partial charge is 0.191 e. The lowest BCUT2D eigenvalue weighted by Crippen LogP contribution is -2.16. The predicted octanol–water partition coefficient (Wildman–Crippen LogP) is 4.36. The van der Waals surface area contributed by atoms with Crippen LogP contribution in [-0.2, 0) is 11.3 Å². The van der Waals surface area contributed by atoms with Crippen LogP contribution in [0.1, 0.15) is 12.8 Å². The molecule has 1 atom stereocenters. The maximum absolute atomic E-state index is 5.83. The molecule has 2 aromatic heterocycles. The number of rotatable bonds is 8. The third-order valence-corrected chi connectivity index (χ3v) is 5.99. The van der Waals surface area contributed by atoms with E-state index in [9.17, 15) is 0 Å². The molecule has 0 amide bonds. The van der Waals surface area contributed by atoms with Gasteiger partial charge >= 0.3 is 0 Å². The first-order valence-electron chi connectivity index (χ1n) is 8.79. The molecule has 1 fully saturated rings. The lowest BCUT2D eigenvalue weighted by Gasteiger charge is -2.14. The summed E-state index contributed by atoms with van der Waals surface area (Å²) in [6, 6.07) is 14.0. The van der Waals surface area contributed by atoms with E-state index < -0.39 is 0 Å². The zero-order valence-corrected chi connectivity index (χ0v) is 16.0. The highest BCUT2D eigenvalue weighted by Gasteiger charge is 2.22. The van der Waals surface area contributed by atoms with Crippen LogP contribution < -0.4 is 4.74 Å². The van der Waals surface area contributed by atoms with E-state index in [-0.39, 0.29) is 6.10 Å². The molecular formula is C19H21N3O2S2. The SMILES string of the molecule is c1ccc(OCCSc2nnc(-c3cccs3)n2CC2CCCO2)cc1. The molecule has 4 rings (SSSR count). The van der Waals surface area contributed by atoms with Crippen molar-refractivity contribution in [3.63, 3.8) is 0 Å². The van der Waals surface area contributed by atoms with Crippen LogP contribution in [-0.4, -0.2) is 39.8 Å². The molecule has 0 N–H and O–H groups in total. The van der Waals surface area contributed by atoms with Gasteiger partial charge < -0.3 is 9.47 Å². The molecule has 0 bridgehead atoms. The standard InChI is InChI=1S/C19H21N3O2S2/c1-2-6-15(7-3-1)24-11-13-26-19-21-20-18(17-9-5-12-25-17)22(19)14-16-8-4-10-23-16/h1-3,5-7,9,12,16H,4,8,10-11,13-14H2. The highest BCUT2D eigenvalue weighted by Crippen LogP contribution is 2.29. The third kappa shape index (κ3) is 4.28. The number of benzene rings is 1. The lowest BCUT2D eigenvalue weighted by atomic mass is 10.2. The summed E-state index contributed by atoms with van der Waals surface area (Å²) in [7, 11) is 0. The molecule has 0 aliphatic carbocycles. The van der Waals surface area contributed by atoms with E-state index in [4.69, 9.17) is 9.47 Å². The van der Waals surface area contributed by atoms with Crippen molar-refractivity contribution in [2.24, 2.45) is 0 Å². The van der Waals surface area contributed by atoms with Crippen LogP contribution in [0.3, 0.4) is 0 Å². The average Bonchev–Trinajstić information content (AvgIpc) is 3.43. The van der Waals surface area contributed by atoms with Crippen molar-refractivity contribution >= 4 is 23.1 Å². The summed E-state index contributed by atoms with van der Waals surface area (Å²) in [5.41, 5.74) is 0. The van der Waals surface area contributed by atoms with E-state index >= 15 is 0 Å². The number of nitrogens with zero attached hydrogens (tertiary/aromatic N) is 3. The zero-order chi connectivity index (χ0) is 17.6. The maximum Gasteiger partial charge on any atom is 0.191 e. The number of hydrogen-bond donors (Lipinski definition) is 0. The van der Waals surface area contributed by atoms with E-state index in [1.165, 1.54) is 0 Å². The predicted molar refractivity (Wildman–Crippen MR) is 105 cm³/mol. The molecule has 26 heavy (non-hydrogen) atoms. The van der Waals surface area contributed by atoms with E-state index in [1.807, 2.05) is 36.4 Å². The van der Waals surface area contributed by atoms with Crippen molar-refractivity contribution in [3.05, 3.63) is 47.8 Å². The molecular weight excluding hydrogens is 366 g/mol. The first-order chi connectivity index (χ1) is 12.9. The molecule has 1 unspecified atom stereocenters. The Labute approximate surface area is 161 Å². The van der Waals surface area contributed by atoms with E-state index in [2.05, 4.69) is 26.2 Å². The first-order valence-corrected chi connectivity index (χ1v) is 10.7. The summed E-state index contributed by atoms with van der Waals surface area (Å²) >= 11 is 3.37. The van der Waals surface area contributed by atoms with Gasteiger partial charge in [-0.05, 0) is 36.4 Å². The average molecular weight is 388 g/mol. The van der Waals surface area contributed by atoms with Crippen molar-refractivity contribution in [1.82, 2.24) is 14.8 Å². The summed E-state index contributed by atoms with van der Waals surface area (Å²) in [6.07, 6.45) is 2.49. The molecule has 1 aliphatic rings. The van der Waals surface area contributed by atoms with E-state index in [0.717, 1.165) is 53.4 Å². The Morgan fingerprint density at radius 3 is 2.88 bits per heavy atom. The van der Waals surface area contributed by atoms with Gasteiger partial charge in [-0.15, -0.1) is 21.5 Å². The van der Waals surface area contributed by atoms with Gasteiger partial charge in [0.05, 0.1) is 24.1 Å². The Bertz CT molecular complexity index is 800. The quantitative estimate of drug-likeness (QED) is 0.425. The fourth-order valence-electron chi connectivity index (χ4n) is 2.95. The number of para-hydroxylation sites is 1. The first kappa shape index (κ1) is 17.6. The van der Waals surface area contributed by atoms with Gasteiger partial charge in [-0.3, -0.25) is 4.57 Å². The van der Waals surface area contributed by atoms with E-state index in [0.29, 0.717) is 6.61 Å². The third-order valence-electron chi connectivity index (χ3n) is 4.20. The Hall–Kier alpha value is -1.83. The summed E-state index contributed by atoms with van der Waals surface area (Å²) < 4.78 is 13.8. The van der Waals surface area contributed by atoms with Gasteiger partial charge in [0, 0.05) is 12.4 Å². The van der Waals surface area contributed by atoms with Crippen LogP contribution in [0, 0.1) is 0 Å². The maximum atomic E-state index is 5.83. The number of thiophene rings is 1. The molecule has 0 radical (unpaired) electrons. The lowest BCUT2D eigenvalue weighted by molar-refractivity contribution is 0.0953. The van der Waals surface area contributed by atoms with Gasteiger partial charge in [0.25, 0.3) is 0 Å². The van der Waals surface area contributed by atoms with Crippen LogP contribution in [0.15, 0.2) is 53.0 Å². The van der Waals surface area contributed by atoms with Crippen LogP contribution in [0.4, 0.5) is 0 Å². The van der Waals surface area contributed by atoms with E-state index in [1.54, 1.807) is 23.1 Å². The number of ether oxygens (including phenoxy) is 2. The Balaban J connectivity index is 1.42. The fourth-order valence-corrected chi connectivity index (χ4v) is 4.43. The van der Waals surface area contributed by atoms with Crippen molar-refractivity contribution in [2.45, 2.75) is 30.6 Å². The van der Waals surface area contributed by atoms with Crippen molar-refractivity contribution in [2.75, 3.05) is 19.0 Å². The zero-order valence-electron chi connectivity index (χ0n) is 14.4. The Morgan fingerprint density at radius 1 is 1.19 bits per heavy atom. The summed E-state index contributed by atoms with van der Waals surface area (Å²) in [4.78, 5) is 1.14. The number of hydrogen-bond acceptors (Lipinski definition) is 6. The Morgan fingerprint density at radius 2 is 2.12 bits per heavy atom. The molecule has 1 aliphatic heterocycles. The molecule has 1 aromatic carbocycles. The Kier molecular flexibility index (Phi) is 5.88. The minimum Gasteiger partial charge on any atom is -0.493 e. The summed E-state index contributed by atoms with van der Waals surface area (Å²) in [6.45, 7) is 2.30. The van der Waals surface area contributed by atoms with Gasteiger partial charge in [-0.2, -0.15) is 0 Å². The van der Waals surface area contributed by atoms with Crippen LogP contribution in [0.2, 0.25) is 0 Å². The molecule has 3 heterocycles. The molecule has 0 saturated carbocycles. The topological polar surface area (TPSA) is 49.2 Å². The minimum absolute atomic E-state index is 0.254. The summed E-state index contributed by atoms with van der Waals surface area (Å²) in [5.74, 6) is 2.65. The molecule has 5 nitrogen and oxygen atoms in total. The second-order valence-electron chi connectivity index (χ2n) is 6.04. The second-order valence-corrected chi connectivity index (χ2v) is 8.05. The minimum atomic E-state index is 0.254. The largest absolute Gasteiger partial charge is 0.493 e.